The van der Waals surface area contributed by atoms with Crippen LogP contribution in [-0.2, 0) is 17.0 Å². The number of carbonyl (C=O) groups excluding carboxylic acids is 1. The highest BCUT2D eigenvalue weighted by molar-refractivity contribution is 7.99. The molecule has 1 aromatic carbocycles. The number of fused-ring (bicyclic) bond motifs is 1. The Hall–Kier alpha value is -1.68. The van der Waals surface area contributed by atoms with Gasteiger partial charge in [0.15, 0.2) is 0 Å². The van der Waals surface area contributed by atoms with Crippen molar-refractivity contribution < 1.29 is 9.21 Å². The molecule has 0 radical (unpaired) electrons. The first-order valence-corrected chi connectivity index (χ1v) is 8.34. The summed E-state index contributed by atoms with van der Waals surface area (Å²) in [6.45, 7) is 2.80. The van der Waals surface area contributed by atoms with Crippen molar-refractivity contribution in [3.05, 3.63) is 54.0 Å². The highest BCUT2D eigenvalue weighted by Crippen LogP contribution is 2.29. The highest BCUT2D eigenvalue weighted by Gasteiger charge is 2.26. The fourth-order valence-corrected chi connectivity index (χ4v) is 3.50. The molecular weight excluding hydrogens is 282 g/mol. The molecule has 2 heterocycles. The minimum absolute atomic E-state index is 0.0683. The molecule has 0 bridgehead atoms. The predicted molar refractivity (Wildman–Crippen MR) is 86.6 cm³/mol. The number of hydrogen-bond acceptors (Lipinski definition) is 3. The molecule has 0 fully saturated rings. The third-order valence-electron chi connectivity index (χ3n) is 3.78. The van der Waals surface area contributed by atoms with Gasteiger partial charge >= 0.3 is 0 Å². The number of para-hydroxylation sites is 1. The van der Waals surface area contributed by atoms with Gasteiger partial charge < -0.3 is 9.32 Å². The minimum Gasteiger partial charge on any atom is -0.468 e. The van der Waals surface area contributed by atoms with Crippen molar-refractivity contribution >= 4 is 23.4 Å². The molecule has 21 heavy (non-hydrogen) atoms. The Kier molecular flexibility index (Phi) is 4.34. The monoisotopic (exact) mass is 301 g/mol. The van der Waals surface area contributed by atoms with Gasteiger partial charge in [-0.15, -0.1) is 11.8 Å². The van der Waals surface area contributed by atoms with Crippen LogP contribution < -0.4 is 4.90 Å². The largest absolute Gasteiger partial charge is 0.468 e. The number of amides is 1. The molecule has 1 atom stereocenters. The Morgan fingerprint density at radius 2 is 2.19 bits per heavy atom. The lowest BCUT2D eigenvalue weighted by atomic mass is 10.0. The summed E-state index contributed by atoms with van der Waals surface area (Å²) in [5.41, 5.74) is 2.36. The lowest BCUT2D eigenvalue weighted by molar-refractivity contribution is -0.117. The first-order chi connectivity index (χ1) is 10.3. The summed E-state index contributed by atoms with van der Waals surface area (Å²) in [6.07, 6.45) is 3.77. The average Bonchev–Trinajstić information content (AvgIpc) is 3.05. The Morgan fingerprint density at radius 1 is 1.33 bits per heavy atom. The van der Waals surface area contributed by atoms with E-state index in [0.717, 1.165) is 36.6 Å². The number of hydrogen-bond donors (Lipinski definition) is 0. The number of furan rings is 1. The normalized spacial score (nSPS) is 15.6. The van der Waals surface area contributed by atoms with E-state index in [-0.39, 0.29) is 11.2 Å². The summed E-state index contributed by atoms with van der Waals surface area (Å²) in [5, 5.41) is -0.0683. The van der Waals surface area contributed by atoms with Crippen LogP contribution in [0.15, 0.2) is 47.1 Å². The maximum Gasteiger partial charge on any atom is 0.239 e. The SMILES string of the molecule is CC(SCc1ccco1)C(=O)N1CCCc2ccccc21. The Morgan fingerprint density at radius 3 is 3.00 bits per heavy atom. The molecule has 1 aromatic heterocycles. The van der Waals surface area contributed by atoms with Crippen LogP contribution in [0.3, 0.4) is 0 Å². The summed E-state index contributed by atoms with van der Waals surface area (Å²) in [5.74, 6) is 1.84. The Balaban J connectivity index is 1.67. The number of thioether (sulfide) groups is 1. The number of anilines is 1. The zero-order valence-corrected chi connectivity index (χ0v) is 12.9. The molecule has 0 saturated heterocycles. The van der Waals surface area contributed by atoms with Gasteiger partial charge in [-0.2, -0.15) is 0 Å². The van der Waals surface area contributed by atoms with Crippen molar-refractivity contribution in [3.63, 3.8) is 0 Å². The van der Waals surface area contributed by atoms with Crippen LogP contribution in [-0.4, -0.2) is 17.7 Å². The predicted octanol–water partition coefficient (Wildman–Crippen LogP) is 3.88. The molecule has 110 valence electrons. The van der Waals surface area contributed by atoms with E-state index in [1.807, 2.05) is 36.1 Å². The summed E-state index contributed by atoms with van der Waals surface area (Å²) >= 11 is 1.63. The first kappa shape index (κ1) is 14.3. The summed E-state index contributed by atoms with van der Waals surface area (Å²) in [6, 6.07) is 12.0. The quantitative estimate of drug-likeness (QED) is 0.859. The van der Waals surface area contributed by atoms with Crippen molar-refractivity contribution in [1.29, 1.82) is 0 Å². The van der Waals surface area contributed by atoms with Crippen LogP contribution in [0, 0.1) is 0 Å². The number of rotatable bonds is 4. The van der Waals surface area contributed by atoms with E-state index in [0.29, 0.717) is 0 Å². The van der Waals surface area contributed by atoms with Gasteiger partial charge in [-0.25, -0.2) is 0 Å². The lowest BCUT2D eigenvalue weighted by Crippen LogP contribution is -2.40. The molecule has 3 rings (SSSR count). The van der Waals surface area contributed by atoms with Gasteiger partial charge in [-0.05, 0) is 43.5 Å². The molecule has 0 spiro atoms. The van der Waals surface area contributed by atoms with Crippen molar-refractivity contribution in [2.75, 3.05) is 11.4 Å². The van der Waals surface area contributed by atoms with Gasteiger partial charge in [0.25, 0.3) is 0 Å². The molecule has 3 nitrogen and oxygen atoms in total. The van der Waals surface area contributed by atoms with Crippen LogP contribution >= 0.6 is 11.8 Å². The van der Waals surface area contributed by atoms with Crippen LogP contribution in [0.2, 0.25) is 0 Å². The van der Waals surface area contributed by atoms with Crippen molar-refractivity contribution in [2.45, 2.75) is 30.8 Å². The van der Waals surface area contributed by atoms with Crippen molar-refractivity contribution in [2.24, 2.45) is 0 Å². The standard InChI is InChI=1S/C17H19NO2S/c1-13(21-12-15-8-5-11-20-15)17(19)18-10-4-7-14-6-2-3-9-16(14)18/h2-3,5-6,8-9,11,13H,4,7,10,12H2,1H3. The maximum atomic E-state index is 12.7. The first-order valence-electron chi connectivity index (χ1n) is 7.29. The zero-order valence-electron chi connectivity index (χ0n) is 12.1. The van der Waals surface area contributed by atoms with Crippen LogP contribution in [0.4, 0.5) is 5.69 Å². The molecule has 1 aliphatic rings. The van der Waals surface area contributed by atoms with E-state index in [1.54, 1.807) is 18.0 Å². The van der Waals surface area contributed by atoms with Crippen LogP contribution in [0.1, 0.15) is 24.7 Å². The van der Waals surface area contributed by atoms with E-state index in [2.05, 4.69) is 12.1 Å². The lowest BCUT2D eigenvalue weighted by Gasteiger charge is -2.31. The molecule has 0 N–H and O–H groups in total. The van der Waals surface area contributed by atoms with Gasteiger partial charge in [0.1, 0.15) is 5.76 Å². The van der Waals surface area contributed by atoms with E-state index >= 15 is 0 Å². The third kappa shape index (κ3) is 3.16. The van der Waals surface area contributed by atoms with Gasteiger partial charge in [-0.1, -0.05) is 18.2 Å². The fraction of sp³-hybridized carbons (Fsp3) is 0.353. The Bertz CT molecular complexity index is 609. The van der Waals surface area contributed by atoms with E-state index in [1.165, 1.54) is 5.56 Å². The number of benzene rings is 1. The maximum absolute atomic E-state index is 12.7. The van der Waals surface area contributed by atoms with E-state index in [9.17, 15) is 4.79 Å². The molecule has 1 unspecified atom stereocenters. The molecule has 1 aliphatic heterocycles. The fourth-order valence-electron chi connectivity index (χ4n) is 2.66. The summed E-state index contributed by atoms with van der Waals surface area (Å²) < 4.78 is 5.32. The van der Waals surface area contributed by atoms with Gasteiger partial charge in [0.2, 0.25) is 5.91 Å². The second kappa shape index (κ2) is 6.39. The molecule has 0 saturated carbocycles. The third-order valence-corrected chi connectivity index (χ3v) is 4.93. The summed E-state index contributed by atoms with van der Waals surface area (Å²) in [7, 11) is 0. The van der Waals surface area contributed by atoms with E-state index in [4.69, 9.17) is 4.42 Å². The highest BCUT2D eigenvalue weighted by atomic mass is 32.2. The zero-order chi connectivity index (χ0) is 14.7. The van der Waals surface area contributed by atoms with Crippen LogP contribution in [0.25, 0.3) is 0 Å². The smallest absolute Gasteiger partial charge is 0.239 e. The van der Waals surface area contributed by atoms with Crippen molar-refractivity contribution in [1.82, 2.24) is 0 Å². The summed E-state index contributed by atoms with van der Waals surface area (Å²) in [4.78, 5) is 14.6. The van der Waals surface area contributed by atoms with Gasteiger partial charge in [0.05, 0.1) is 17.3 Å². The van der Waals surface area contributed by atoms with Crippen molar-refractivity contribution in [3.8, 4) is 0 Å². The second-order valence-corrected chi connectivity index (χ2v) is 6.58. The average molecular weight is 301 g/mol. The topological polar surface area (TPSA) is 33.5 Å². The van der Waals surface area contributed by atoms with Gasteiger partial charge in [0, 0.05) is 12.2 Å². The number of nitrogens with zero attached hydrogens (tertiary/aromatic N) is 1. The minimum atomic E-state index is -0.0683. The van der Waals surface area contributed by atoms with Gasteiger partial charge in [-0.3, -0.25) is 4.79 Å². The molecule has 2 aromatic rings. The Labute approximate surface area is 129 Å². The second-order valence-electron chi connectivity index (χ2n) is 5.25. The number of aryl methyl sites for hydroxylation is 1. The van der Waals surface area contributed by atoms with Crippen LogP contribution in [0.5, 0.6) is 0 Å². The molecule has 0 aliphatic carbocycles. The number of carbonyl (C=O) groups is 1. The molecular formula is C17H19NO2S. The van der Waals surface area contributed by atoms with E-state index < -0.39 is 0 Å². The molecule has 4 heteroatoms. The molecule has 1 amide bonds.